The third-order valence-corrected chi connectivity index (χ3v) is 7.67. The van der Waals surface area contributed by atoms with E-state index >= 15 is 0 Å². The van der Waals surface area contributed by atoms with Gasteiger partial charge in [0, 0.05) is 11.6 Å². The number of hydrogen-bond donors (Lipinski definition) is 0. The van der Waals surface area contributed by atoms with Crippen LogP contribution >= 0.6 is 9.42 Å². The van der Waals surface area contributed by atoms with Crippen LogP contribution < -0.4 is 0 Å². The van der Waals surface area contributed by atoms with Crippen LogP contribution in [0.5, 0.6) is 0 Å². The van der Waals surface area contributed by atoms with E-state index in [0.29, 0.717) is 0 Å². The van der Waals surface area contributed by atoms with E-state index in [2.05, 4.69) is 148 Å². The summed E-state index contributed by atoms with van der Waals surface area (Å²) in [5.74, 6) is 0. The summed E-state index contributed by atoms with van der Waals surface area (Å²) in [5.41, 5.74) is 8.64. The molecule has 0 unspecified atom stereocenters. The molecule has 0 aliphatic heterocycles. The Hall–Kier alpha value is -3.32. The van der Waals surface area contributed by atoms with Crippen molar-refractivity contribution in [3.63, 3.8) is 0 Å². The summed E-state index contributed by atoms with van der Waals surface area (Å²) < 4.78 is 0. The zero-order valence-corrected chi connectivity index (χ0v) is 27.9. The van der Waals surface area contributed by atoms with Crippen molar-refractivity contribution in [3.05, 3.63) is 120 Å². The van der Waals surface area contributed by atoms with E-state index in [1.54, 1.807) is 18.8 Å². The zero-order chi connectivity index (χ0) is 30.1. The minimum absolute atomic E-state index is 0.0285. The van der Waals surface area contributed by atoms with Gasteiger partial charge in [-0.3, -0.25) is 9.97 Å². The van der Waals surface area contributed by atoms with Gasteiger partial charge in [-0.15, -0.1) is 29.1 Å². The number of halogens is 1. The van der Waals surface area contributed by atoms with Crippen LogP contribution in [0.3, 0.4) is 0 Å². The van der Waals surface area contributed by atoms with E-state index in [1.807, 2.05) is 12.3 Å². The number of pyridine rings is 2. The minimum atomic E-state index is 0.0285. The molecule has 0 amide bonds. The number of fused-ring (bicyclic) bond motifs is 2. The van der Waals surface area contributed by atoms with E-state index in [1.165, 1.54) is 27.5 Å². The van der Waals surface area contributed by atoms with Gasteiger partial charge in [-0.05, 0) is 56.3 Å². The van der Waals surface area contributed by atoms with Gasteiger partial charge in [0.25, 0.3) is 0 Å². The topological polar surface area (TPSA) is 25.8 Å². The van der Waals surface area contributed by atoms with Crippen molar-refractivity contribution in [2.75, 3.05) is 0 Å². The monoisotopic (exact) mass is 749 g/mol. The molecule has 0 bridgehead atoms. The Morgan fingerprint density at radius 2 is 1.10 bits per heavy atom. The second kappa shape index (κ2) is 12.1. The average Bonchev–Trinajstić information content (AvgIpc) is 3.00. The standard InChI is InChI=1S/C38H35N2.ClH.Pt/c1-37(2,3)32-18-30(19-33(23-32)38(4,5)6)31-21-34(28-16-15-25-11-7-8-12-26(25)17-28)40-36(22-31)35-20-27-13-9-10-14-29(27)24-39-35;;/h7-15,17-24H,1-6H3;1H;/q-1;;+2/p-1. The van der Waals surface area contributed by atoms with Gasteiger partial charge in [0.1, 0.15) is 0 Å². The first-order valence-electron chi connectivity index (χ1n) is 14.1. The molecule has 4 heteroatoms. The molecule has 0 fully saturated rings. The Morgan fingerprint density at radius 3 is 1.71 bits per heavy atom. The van der Waals surface area contributed by atoms with E-state index in [9.17, 15) is 0 Å². The summed E-state index contributed by atoms with van der Waals surface area (Å²) in [7, 11) is 4.61. The SMILES string of the molecule is CC(C)(C)c1cc(-c2cc(-c3[c-]cc4ccccc4c3)nc(-c3cc4ccccc4cn3)c2)cc(C(C)(C)C)c1.[Cl][Pt+]. The van der Waals surface area contributed by atoms with Crippen LogP contribution in [-0.2, 0) is 29.6 Å². The Bertz CT molecular complexity index is 1750. The first kappa shape index (κ1) is 30.1. The number of aromatic nitrogens is 2. The summed E-state index contributed by atoms with van der Waals surface area (Å²) in [4.78, 5) is 10.00. The van der Waals surface area contributed by atoms with Gasteiger partial charge >= 0.3 is 28.2 Å². The van der Waals surface area contributed by atoms with Gasteiger partial charge in [0.15, 0.2) is 0 Å². The molecule has 0 aliphatic carbocycles. The predicted molar refractivity (Wildman–Crippen MR) is 175 cm³/mol. The molecule has 0 saturated carbocycles. The quantitative estimate of drug-likeness (QED) is 0.168. The summed E-state index contributed by atoms with van der Waals surface area (Å²) in [5, 5.41) is 4.63. The molecule has 0 atom stereocenters. The zero-order valence-electron chi connectivity index (χ0n) is 24.9. The molecule has 2 heterocycles. The normalized spacial score (nSPS) is 11.8. The van der Waals surface area contributed by atoms with E-state index in [-0.39, 0.29) is 10.8 Å². The Morgan fingerprint density at radius 1 is 0.571 bits per heavy atom. The van der Waals surface area contributed by atoms with E-state index < -0.39 is 0 Å². The van der Waals surface area contributed by atoms with Crippen molar-refractivity contribution in [2.24, 2.45) is 0 Å². The fraction of sp³-hybridized carbons (Fsp3) is 0.211. The molecule has 0 saturated heterocycles. The Kier molecular flexibility index (Phi) is 8.70. The molecule has 42 heavy (non-hydrogen) atoms. The third kappa shape index (κ3) is 6.51. The van der Waals surface area contributed by atoms with Crippen LogP contribution in [-0.4, -0.2) is 9.97 Å². The van der Waals surface area contributed by atoms with Crippen molar-refractivity contribution in [1.29, 1.82) is 0 Å². The van der Waals surface area contributed by atoms with Gasteiger partial charge < -0.3 is 0 Å². The van der Waals surface area contributed by atoms with Crippen molar-refractivity contribution in [1.82, 2.24) is 9.97 Å². The molecule has 0 spiro atoms. The summed E-state index contributed by atoms with van der Waals surface area (Å²) >= 11 is 1.61. The van der Waals surface area contributed by atoms with Gasteiger partial charge in [-0.25, -0.2) is 0 Å². The van der Waals surface area contributed by atoms with E-state index in [0.717, 1.165) is 39.0 Å². The van der Waals surface area contributed by atoms with E-state index in [4.69, 9.17) is 9.97 Å². The molecule has 2 aromatic heterocycles. The van der Waals surface area contributed by atoms with Gasteiger partial charge in [-0.2, -0.15) is 0 Å². The molecule has 6 aromatic rings. The summed E-state index contributed by atoms with van der Waals surface area (Å²) in [6, 6.07) is 38.1. The molecule has 2 nitrogen and oxygen atoms in total. The van der Waals surface area contributed by atoms with Crippen LogP contribution in [0.1, 0.15) is 52.7 Å². The summed E-state index contributed by atoms with van der Waals surface area (Å²) in [6.07, 6.45) is 1.94. The van der Waals surface area contributed by atoms with Crippen molar-refractivity contribution in [3.8, 4) is 33.8 Å². The fourth-order valence-electron chi connectivity index (χ4n) is 5.12. The number of benzene rings is 4. The summed E-state index contributed by atoms with van der Waals surface area (Å²) in [6.45, 7) is 13.7. The molecule has 214 valence electrons. The second-order valence-corrected chi connectivity index (χ2v) is 12.8. The first-order chi connectivity index (χ1) is 20.0. The second-order valence-electron chi connectivity index (χ2n) is 12.8. The molecule has 0 radical (unpaired) electrons. The van der Waals surface area contributed by atoms with Crippen LogP contribution in [0.2, 0.25) is 0 Å². The number of hydrogen-bond acceptors (Lipinski definition) is 2. The van der Waals surface area contributed by atoms with Crippen molar-refractivity contribution < 1.29 is 18.8 Å². The Labute approximate surface area is 265 Å². The fourth-order valence-corrected chi connectivity index (χ4v) is 5.12. The van der Waals surface area contributed by atoms with Crippen LogP contribution in [0, 0.1) is 6.07 Å². The molecule has 6 rings (SSSR count). The van der Waals surface area contributed by atoms with Crippen LogP contribution in [0.4, 0.5) is 0 Å². The molecule has 4 aromatic carbocycles. The van der Waals surface area contributed by atoms with Gasteiger partial charge in [-0.1, -0.05) is 120 Å². The van der Waals surface area contributed by atoms with Crippen LogP contribution in [0.25, 0.3) is 55.3 Å². The first-order valence-corrected chi connectivity index (χ1v) is 16.9. The maximum atomic E-state index is 5.16. The maximum absolute atomic E-state index is 5.16. The predicted octanol–water partition coefficient (Wildman–Crippen LogP) is 10.9. The third-order valence-electron chi connectivity index (χ3n) is 7.67. The van der Waals surface area contributed by atoms with Gasteiger partial charge in [0.2, 0.25) is 0 Å². The number of nitrogens with zero attached hydrogens (tertiary/aromatic N) is 2. The molecule has 0 aliphatic rings. The average molecular weight is 750 g/mol. The van der Waals surface area contributed by atoms with Crippen molar-refractivity contribution >= 4 is 31.0 Å². The Balaban J connectivity index is 0.00000173. The molecular formula is C38H35ClN2Pt. The van der Waals surface area contributed by atoms with Gasteiger partial charge in [0.05, 0.1) is 11.4 Å². The van der Waals surface area contributed by atoms with Crippen LogP contribution in [0.15, 0.2) is 103 Å². The molecular weight excluding hydrogens is 715 g/mol. The van der Waals surface area contributed by atoms with Crippen molar-refractivity contribution in [2.45, 2.75) is 52.4 Å². The number of rotatable bonds is 3. The molecule has 0 N–H and O–H groups in total.